The highest BCUT2D eigenvalue weighted by molar-refractivity contribution is 9.08. The maximum absolute atomic E-state index is 12.0. The lowest BCUT2D eigenvalue weighted by Crippen LogP contribution is -2.12. The molecule has 1 heterocycles. The fourth-order valence-electron chi connectivity index (χ4n) is 1.43. The van der Waals surface area contributed by atoms with Gasteiger partial charge in [0.2, 0.25) is 0 Å². The van der Waals surface area contributed by atoms with Gasteiger partial charge in [0.25, 0.3) is 5.91 Å². The van der Waals surface area contributed by atoms with E-state index in [-0.39, 0.29) is 5.91 Å². The lowest BCUT2D eigenvalue weighted by molar-refractivity contribution is 0.102. The number of anilines is 1. The minimum atomic E-state index is -0.242. The van der Waals surface area contributed by atoms with E-state index in [1.54, 1.807) is 6.07 Å². The molecule has 2 rings (SSSR count). The summed E-state index contributed by atoms with van der Waals surface area (Å²) in [6.07, 6.45) is 2.99. The summed E-state index contributed by atoms with van der Waals surface area (Å²) in [5.74, 6) is -0.242. The van der Waals surface area contributed by atoms with Gasteiger partial charge in [0.1, 0.15) is 0 Å². The molecule has 18 heavy (non-hydrogen) atoms. The molecule has 0 radical (unpaired) electrons. The van der Waals surface area contributed by atoms with Crippen LogP contribution < -0.4 is 5.32 Å². The average molecular weight is 326 g/mol. The van der Waals surface area contributed by atoms with E-state index in [4.69, 9.17) is 11.6 Å². The molecular weight excluding hydrogens is 316 g/mol. The maximum atomic E-state index is 12.0. The Hall–Kier alpha value is -1.39. The monoisotopic (exact) mass is 324 g/mol. The van der Waals surface area contributed by atoms with Gasteiger partial charge in [-0.1, -0.05) is 39.7 Å². The van der Waals surface area contributed by atoms with Crippen LogP contribution in [0.4, 0.5) is 5.69 Å². The number of alkyl halides is 1. The van der Waals surface area contributed by atoms with Crippen molar-refractivity contribution in [2.75, 3.05) is 5.32 Å². The summed E-state index contributed by atoms with van der Waals surface area (Å²) in [7, 11) is 0. The first-order valence-electron chi connectivity index (χ1n) is 5.26. The van der Waals surface area contributed by atoms with Crippen molar-refractivity contribution in [3.8, 4) is 0 Å². The van der Waals surface area contributed by atoms with Crippen LogP contribution in [0.2, 0.25) is 5.02 Å². The van der Waals surface area contributed by atoms with Crippen molar-refractivity contribution in [2.45, 2.75) is 5.33 Å². The Balaban J connectivity index is 2.14. The first kappa shape index (κ1) is 13.1. The third kappa shape index (κ3) is 3.09. The number of nitrogens with one attached hydrogen (secondary N) is 1. The van der Waals surface area contributed by atoms with E-state index in [0.29, 0.717) is 10.6 Å². The third-order valence-electron chi connectivity index (χ3n) is 2.38. The molecule has 5 heteroatoms. The summed E-state index contributed by atoms with van der Waals surface area (Å²) >= 11 is 9.27. The molecule has 0 bridgehead atoms. The zero-order chi connectivity index (χ0) is 13.0. The highest BCUT2D eigenvalue weighted by Crippen LogP contribution is 2.17. The summed E-state index contributed by atoms with van der Waals surface area (Å²) in [4.78, 5) is 15.8. The van der Waals surface area contributed by atoms with Crippen molar-refractivity contribution in [3.05, 3.63) is 58.9 Å². The number of aromatic nitrogens is 1. The number of carbonyl (C=O) groups excluding carboxylic acids is 1. The number of rotatable bonds is 3. The van der Waals surface area contributed by atoms with Gasteiger partial charge >= 0.3 is 0 Å². The van der Waals surface area contributed by atoms with Gasteiger partial charge in [0, 0.05) is 23.4 Å². The molecule has 0 aliphatic carbocycles. The van der Waals surface area contributed by atoms with E-state index in [0.717, 1.165) is 16.6 Å². The van der Waals surface area contributed by atoms with E-state index in [2.05, 4.69) is 26.2 Å². The lowest BCUT2D eigenvalue weighted by Gasteiger charge is -2.06. The lowest BCUT2D eigenvalue weighted by atomic mass is 10.2. The first-order chi connectivity index (χ1) is 8.70. The number of benzene rings is 1. The second kappa shape index (κ2) is 5.98. The maximum Gasteiger partial charge on any atom is 0.257 e. The zero-order valence-corrected chi connectivity index (χ0v) is 11.7. The van der Waals surface area contributed by atoms with E-state index in [9.17, 15) is 4.79 Å². The minimum Gasteiger partial charge on any atom is -0.322 e. The molecule has 2 aromatic rings. The second-order valence-electron chi connectivity index (χ2n) is 3.64. The molecule has 1 aromatic carbocycles. The molecule has 1 aromatic heterocycles. The summed E-state index contributed by atoms with van der Waals surface area (Å²) in [5, 5.41) is 3.91. The van der Waals surface area contributed by atoms with Crippen LogP contribution in [0.1, 0.15) is 15.9 Å². The van der Waals surface area contributed by atoms with Gasteiger partial charge in [0.15, 0.2) is 0 Å². The number of hydrogen-bond acceptors (Lipinski definition) is 2. The smallest absolute Gasteiger partial charge is 0.257 e. The molecule has 0 aliphatic heterocycles. The van der Waals surface area contributed by atoms with Crippen LogP contribution >= 0.6 is 27.5 Å². The van der Waals surface area contributed by atoms with Crippen LogP contribution in [0.25, 0.3) is 0 Å². The number of pyridine rings is 1. The predicted octanol–water partition coefficient (Wildman–Crippen LogP) is 3.88. The summed E-state index contributed by atoms with van der Waals surface area (Å²) in [6.45, 7) is 0. The number of hydrogen-bond donors (Lipinski definition) is 1. The molecule has 92 valence electrons. The van der Waals surface area contributed by atoms with Crippen molar-refractivity contribution < 1.29 is 4.79 Å². The van der Waals surface area contributed by atoms with Crippen LogP contribution in [0.5, 0.6) is 0 Å². The SMILES string of the molecule is O=C(Nc1ccc(CBr)cc1)c1ccncc1Cl. The van der Waals surface area contributed by atoms with Crippen molar-refractivity contribution in [1.82, 2.24) is 4.98 Å². The highest BCUT2D eigenvalue weighted by atomic mass is 79.9. The predicted molar refractivity (Wildman–Crippen MR) is 76.3 cm³/mol. The quantitative estimate of drug-likeness (QED) is 0.870. The number of amides is 1. The Labute approximate surface area is 118 Å². The van der Waals surface area contributed by atoms with E-state index in [1.165, 1.54) is 12.4 Å². The molecule has 0 aliphatic rings. The van der Waals surface area contributed by atoms with Crippen LogP contribution in [0.3, 0.4) is 0 Å². The summed E-state index contributed by atoms with van der Waals surface area (Å²) < 4.78 is 0. The minimum absolute atomic E-state index is 0.242. The van der Waals surface area contributed by atoms with Gasteiger partial charge in [-0.3, -0.25) is 9.78 Å². The van der Waals surface area contributed by atoms with Crippen molar-refractivity contribution in [1.29, 1.82) is 0 Å². The number of nitrogens with zero attached hydrogens (tertiary/aromatic N) is 1. The van der Waals surface area contributed by atoms with Gasteiger partial charge in [-0.05, 0) is 23.8 Å². The van der Waals surface area contributed by atoms with Crippen molar-refractivity contribution in [3.63, 3.8) is 0 Å². The second-order valence-corrected chi connectivity index (χ2v) is 4.61. The fraction of sp³-hybridized carbons (Fsp3) is 0.0769. The Morgan fingerprint density at radius 3 is 2.61 bits per heavy atom. The largest absolute Gasteiger partial charge is 0.322 e. The Morgan fingerprint density at radius 1 is 1.28 bits per heavy atom. The van der Waals surface area contributed by atoms with Gasteiger partial charge in [0.05, 0.1) is 10.6 Å². The normalized spacial score (nSPS) is 10.1. The molecule has 1 amide bonds. The van der Waals surface area contributed by atoms with Crippen LogP contribution in [-0.4, -0.2) is 10.9 Å². The third-order valence-corrected chi connectivity index (χ3v) is 3.33. The van der Waals surface area contributed by atoms with E-state index < -0.39 is 0 Å². The van der Waals surface area contributed by atoms with E-state index >= 15 is 0 Å². The van der Waals surface area contributed by atoms with Gasteiger partial charge in [-0.2, -0.15) is 0 Å². The van der Waals surface area contributed by atoms with Crippen LogP contribution in [0, 0.1) is 0 Å². The topological polar surface area (TPSA) is 42.0 Å². The Kier molecular flexibility index (Phi) is 4.33. The average Bonchev–Trinajstić information content (AvgIpc) is 2.40. The van der Waals surface area contributed by atoms with Gasteiger partial charge < -0.3 is 5.32 Å². The number of halogens is 2. The Bertz CT molecular complexity index is 557. The van der Waals surface area contributed by atoms with Gasteiger partial charge in [-0.25, -0.2) is 0 Å². The van der Waals surface area contributed by atoms with Crippen LogP contribution in [-0.2, 0) is 5.33 Å². The molecular formula is C13H10BrClN2O. The first-order valence-corrected chi connectivity index (χ1v) is 6.76. The molecule has 0 saturated heterocycles. The number of carbonyl (C=O) groups is 1. The fourth-order valence-corrected chi connectivity index (χ4v) is 2.01. The standard InChI is InChI=1S/C13H10BrClN2O/c14-7-9-1-3-10(4-2-9)17-13(18)11-5-6-16-8-12(11)15/h1-6,8H,7H2,(H,17,18). The zero-order valence-electron chi connectivity index (χ0n) is 9.36. The molecule has 0 fully saturated rings. The molecule has 0 unspecified atom stereocenters. The summed E-state index contributed by atoms with van der Waals surface area (Å²) in [5.41, 5.74) is 2.30. The highest BCUT2D eigenvalue weighted by Gasteiger charge is 2.09. The molecule has 1 N–H and O–H groups in total. The summed E-state index contributed by atoms with van der Waals surface area (Å²) in [6, 6.07) is 9.18. The molecule has 0 saturated carbocycles. The Morgan fingerprint density at radius 2 is 2.00 bits per heavy atom. The van der Waals surface area contributed by atoms with Crippen molar-refractivity contribution in [2.24, 2.45) is 0 Å². The van der Waals surface area contributed by atoms with E-state index in [1.807, 2.05) is 24.3 Å². The molecule has 0 atom stereocenters. The van der Waals surface area contributed by atoms with Crippen molar-refractivity contribution >= 4 is 39.1 Å². The van der Waals surface area contributed by atoms with Crippen LogP contribution in [0.15, 0.2) is 42.7 Å². The van der Waals surface area contributed by atoms with Gasteiger partial charge in [-0.15, -0.1) is 0 Å². The molecule has 0 spiro atoms. The molecule has 3 nitrogen and oxygen atoms in total.